The Bertz CT molecular complexity index is 1210. The van der Waals surface area contributed by atoms with Crippen LogP contribution in [0.5, 0.6) is 11.5 Å². The molecule has 30 heavy (non-hydrogen) atoms. The van der Waals surface area contributed by atoms with Gasteiger partial charge in [0.1, 0.15) is 5.58 Å². The van der Waals surface area contributed by atoms with Crippen molar-refractivity contribution in [3.63, 3.8) is 0 Å². The van der Waals surface area contributed by atoms with Crippen molar-refractivity contribution in [1.29, 1.82) is 0 Å². The van der Waals surface area contributed by atoms with Crippen molar-refractivity contribution < 1.29 is 23.8 Å². The lowest BCUT2D eigenvalue weighted by Gasteiger charge is -2.24. The summed E-state index contributed by atoms with van der Waals surface area (Å²) in [5.41, 5.74) is 2.84. The number of benzene rings is 2. The first-order valence-electron chi connectivity index (χ1n) is 9.63. The normalized spacial score (nSPS) is 15.6. The van der Waals surface area contributed by atoms with Crippen LogP contribution in [0.2, 0.25) is 0 Å². The van der Waals surface area contributed by atoms with Crippen LogP contribution in [0, 0.1) is 13.8 Å². The number of hydrogen-bond donors (Lipinski definition) is 1. The van der Waals surface area contributed by atoms with Crippen LogP contribution in [0.25, 0.3) is 11.0 Å². The Labute approximate surface area is 173 Å². The first-order chi connectivity index (χ1) is 14.4. The molecule has 0 bridgehead atoms. The molecule has 7 heteroatoms. The topological polar surface area (TPSA) is 89.2 Å². The Hall–Kier alpha value is -3.32. The highest BCUT2D eigenvalue weighted by atomic mass is 16.5. The smallest absolute Gasteiger partial charge is 0.290 e. The van der Waals surface area contributed by atoms with E-state index in [0.717, 1.165) is 11.1 Å². The molecule has 0 saturated heterocycles. The number of aliphatic hydroxyl groups is 1. The number of aliphatic hydroxyl groups excluding tert-OH is 1. The molecule has 1 N–H and O–H groups in total. The van der Waals surface area contributed by atoms with Gasteiger partial charge in [0.2, 0.25) is 5.76 Å². The number of fused-ring (bicyclic) bond motifs is 2. The van der Waals surface area contributed by atoms with E-state index in [1.54, 1.807) is 24.3 Å². The van der Waals surface area contributed by atoms with E-state index in [1.807, 2.05) is 19.9 Å². The maximum Gasteiger partial charge on any atom is 0.290 e. The Balaban J connectivity index is 2.01. The Morgan fingerprint density at radius 2 is 1.80 bits per heavy atom. The molecule has 1 aliphatic rings. The molecule has 2 aromatic carbocycles. The molecule has 3 aromatic rings. The van der Waals surface area contributed by atoms with Crippen LogP contribution < -0.4 is 14.9 Å². The molecule has 156 valence electrons. The first kappa shape index (κ1) is 20.0. The predicted molar refractivity (Wildman–Crippen MR) is 111 cm³/mol. The van der Waals surface area contributed by atoms with E-state index >= 15 is 0 Å². The van der Waals surface area contributed by atoms with Crippen LogP contribution in [-0.2, 0) is 0 Å². The van der Waals surface area contributed by atoms with E-state index < -0.39 is 11.9 Å². The van der Waals surface area contributed by atoms with E-state index in [-0.39, 0.29) is 29.9 Å². The third kappa shape index (κ3) is 2.93. The lowest BCUT2D eigenvalue weighted by molar-refractivity contribution is 0.0691. The molecule has 0 aliphatic carbocycles. The molecule has 1 atom stereocenters. The van der Waals surface area contributed by atoms with Crippen molar-refractivity contribution in [2.24, 2.45) is 0 Å². The average Bonchev–Trinajstić information content (AvgIpc) is 3.01. The third-order valence-corrected chi connectivity index (χ3v) is 5.46. The van der Waals surface area contributed by atoms with Gasteiger partial charge in [0.25, 0.3) is 5.91 Å². The zero-order valence-corrected chi connectivity index (χ0v) is 17.3. The van der Waals surface area contributed by atoms with E-state index in [1.165, 1.54) is 19.1 Å². The molecule has 1 aliphatic heterocycles. The summed E-state index contributed by atoms with van der Waals surface area (Å²) in [5, 5.41) is 10.0. The maximum atomic E-state index is 13.5. The minimum absolute atomic E-state index is 0.0210. The number of methoxy groups -OCH3 is 2. The van der Waals surface area contributed by atoms with Gasteiger partial charge in [0.15, 0.2) is 16.9 Å². The summed E-state index contributed by atoms with van der Waals surface area (Å²) in [7, 11) is 3.06. The van der Waals surface area contributed by atoms with Crippen molar-refractivity contribution in [3.05, 3.63) is 68.6 Å². The van der Waals surface area contributed by atoms with Crippen LogP contribution in [-0.4, -0.2) is 43.3 Å². The highest BCUT2D eigenvalue weighted by Gasteiger charge is 2.42. The second kappa shape index (κ2) is 7.50. The van der Waals surface area contributed by atoms with Crippen LogP contribution in [0.1, 0.15) is 38.9 Å². The molecule has 1 amide bonds. The standard InChI is InChI=1S/C23H23NO6/c1-12-9-13(2)21-15(10-12)20(26)18-19(24(7-8-25)23(27)22(18)30-21)14-5-6-16(28-3)17(11-14)29-4/h5-6,9-11,19,25H,7-8H2,1-4H3/t19-/m1/s1. The average molecular weight is 409 g/mol. The Morgan fingerprint density at radius 1 is 1.07 bits per heavy atom. The Morgan fingerprint density at radius 3 is 2.47 bits per heavy atom. The number of hydrogen-bond acceptors (Lipinski definition) is 6. The van der Waals surface area contributed by atoms with Gasteiger partial charge in [-0.05, 0) is 48.7 Å². The van der Waals surface area contributed by atoms with Crippen molar-refractivity contribution in [2.45, 2.75) is 19.9 Å². The van der Waals surface area contributed by atoms with Crippen molar-refractivity contribution in [1.82, 2.24) is 4.90 Å². The van der Waals surface area contributed by atoms with Gasteiger partial charge in [0.05, 0.1) is 37.8 Å². The number of nitrogens with zero attached hydrogens (tertiary/aromatic N) is 1. The van der Waals surface area contributed by atoms with Gasteiger partial charge in [-0.25, -0.2) is 0 Å². The minimum Gasteiger partial charge on any atom is -0.493 e. The summed E-state index contributed by atoms with van der Waals surface area (Å²) in [6.07, 6.45) is 0. The molecule has 1 aromatic heterocycles. The van der Waals surface area contributed by atoms with Gasteiger partial charge in [0, 0.05) is 6.54 Å². The number of ether oxygens (including phenoxy) is 2. The quantitative estimate of drug-likeness (QED) is 0.697. The summed E-state index contributed by atoms with van der Waals surface area (Å²) < 4.78 is 16.7. The van der Waals surface area contributed by atoms with Gasteiger partial charge < -0.3 is 23.9 Å². The highest BCUT2D eigenvalue weighted by Crippen LogP contribution is 2.41. The molecule has 0 radical (unpaired) electrons. The summed E-state index contributed by atoms with van der Waals surface area (Å²) in [6, 6.07) is 8.24. The highest BCUT2D eigenvalue weighted by molar-refractivity contribution is 5.99. The number of β-amino-alcohol motifs (C(OH)–C–C–N with tert-alkyl or cyclic N) is 1. The van der Waals surface area contributed by atoms with Crippen molar-refractivity contribution in [3.8, 4) is 11.5 Å². The zero-order chi connectivity index (χ0) is 21.6. The molecular weight excluding hydrogens is 386 g/mol. The van der Waals surface area contributed by atoms with E-state index in [4.69, 9.17) is 13.9 Å². The van der Waals surface area contributed by atoms with Crippen LogP contribution >= 0.6 is 0 Å². The zero-order valence-electron chi connectivity index (χ0n) is 17.3. The van der Waals surface area contributed by atoms with Crippen LogP contribution in [0.3, 0.4) is 0 Å². The monoisotopic (exact) mass is 409 g/mol. The van der Waals surface area contributed by atoms with Gasteiger partial charge >= 0.3 is 0 Å². The fourth-order valence-corrected chi connectivity index (χ4v) is 4.18. The molecule has 0 spiro atoms. The van der Waals surface area contributed by atoms with Gasteiger partial charge in [-0.3, -0.25) is 9.59 Å². The molecule has 0 saturated carbocycles. The third-order valence-electron chi connectivity index (χ3n) is 5.46. The largest absolute Gasteiger partial charge is 0.493 e. The molecule has 2 heterocycles. The molecular formula is C23H23NO6. The minimum atomic E-state index is -0.694. The molecule has 0 unspecified atom stereocenters. The molecule has 7 nitrogen and oxygen atoms in total. The van der Waals surface area contributed by atoms with Crippen molar-refractivity contribution in [2.75, 3.05) is 27.4 Å². The lowest BCUT2D eigenvalue weighted by Crippen LogP contribution is -2.32. The number of rotatable bonds is 5. The van der Waals surface area contributed by atoms with Crippen LogP contribution in [0.15, 0.2) is 39.5 Å². The summed E-state index contributed by atoms with van der Waals surface area (Å²) >= 11 is 0. The second-order valence-corrected chi connectivity index (χ2v) is 7.37. The molecule has 0 fully saturated rings. The number of aryl methyl sites for hydroxylation is 2. The van der Waals surface area contributed by atoms with Gasteiger partial charge in [-0.1, -0.05) is 12.1 Å². The van der Waals surface area contributed by atoms with Gasteiger partial charge in [-0.15, -0.1) is 0 Å². The summed E-state index contributed by atoms with van der Waals surface area (Å²) in [4.78, 5) is 28.1. The van der Waals surface area contributed by atoms with Crippen molar-refractivity contribution >= 4 is 16.9 Å². The SMILES string of the molecule is COc1ccc([C@@H]2c3c(oc4c(C)cc(C)cc4c3=O)C(=O)N2CCO)cc1OC. The first-order valence-corrected chi connectivity index (χ1v) is 9.63. The number of carbonyl (C=O) groups excluding carboxylic acids is 1. The number of amides is 1. The predicted octanol–water partition coefficient (Wildman–Crippen LogP) is 2.96. The second-order valence-electron chi connectivity index (χ2n) is 7.37. The van der Waals surface area contributed by atoms with E-state index in [0.29, 0.717) is 28.0 Å². The fourth-order valence-electron chi connectivity index (χ4n) is 4.18. The van der Waals surface area contributed by atoms with E-state index in [9.17, 15) is 14.7 Å². The lowest BCUT2D eigenvalue weighted by atomic mass is 9.97. The maximum absolute atomic E-state index is 13.5. The fraction of sp³-hybridized carbons (Fsp3) is 0.304. The summed E-state index contributed by atoms with van der Waals surface area (Å²) in [5.74, 6) is 0.624. The van der Waals surface area contributed by atoms with Crippen LogP contribution in [0.4, 0.5) is 0 Å². The number of carbonyl (C=O) groups is 1. The van der Waals surface area contributed by atoms with E-state index in [2.05, 4.69) is 0 Å². The molecule has 4 rings (SSSR count). The summed E-state index contributed by atoms with van der Waals surface area (Å²) in [6.45, 7) is 3.58. The van der Waals surface area contributed by atoms with Gasteiger partial charge in [-0.2, -0.15) is 0 Å². The Kier molecular flexibility index (Phi) is 4.99.